The molecule has 8 heterocycles. The average Bonchev–Trinajstić information content (AvgIpc) is 3.72. The van der Waals surface area contributed by atoms with Crippen LogP contribution in [0.2, 0.25) is 0 Å². The molecule has 11 rings (SSSR count). The summed E-state index contributed by atoms with van der Waals surface area (Å²) < 4.78 is 63.5. The zero-order valence-corrected chi connectivity index (χ0v) is 34.7. The molecule has 8 aromatic rings. The summed E-state index contributed by atoms with van der Waals surface area (Å²) in [5.74, 6) is -3.06. The molecule has 1 aliphatic carbocycles. The normalized spacial score (nSPS) is 19.3. The molecule has 2 aromatic carbocycles. The van der Waals surface area contributed by atoms with E-state index in [9.17, 15) is 18.4 Å². The molecule has 18 heteroatoms. The highest BCUT2D eigenvalue weighted by atomic mass is 19.2. The van der Waals surface area contributed by atoms with Gasteiger partial charge in [0, 0.05) is 68.6 Å². The number of fused-ring (bicyclic) bond motifs is 3. The standard InChI is InChI=1S/C45H41F3N10O5/c1-24-36-32(51-58(27-6-7-30(46)31(47)19-27)39(36)57-17-16-56(43(57)61)35-10-9-33-28(38(35)48)21-49-53(33)4)11-15-55(24)40(59)29-23-54-22-26(25-12-18-62-44(2,3)20-25)5-8-34(54)37(29)45(13-14-45)41-50-42(60)63-52-41/h5-10,16-17,19,21-25H,11-15,18,20H2,1-4H3,(H,50,52,60)/t24-,25+/m0/s1. The first-order valence-electron chi connectivity index (χ1n) is 20.9. The highest BCUT2D eigenvalue weighted by Gasteiger charge is 2.53. The van der Waals surface area contributed by atoms with Crippen molar-refractivity contribution in [2.45, 2.75) is 75.9 Å². The number of aryl methyl sites for hydroxylation is 1. The first-order chi connectivity index (χ1) is 30.2. The lowest BCUT2D eigenvalue weighted by molar-refractivity contribution is -0.0593. The Morgan fingerprint density at radius 2 is 1.76 bits per heavy atom. The number of nitrogens with one attached hydrogen (secondary N) is 1. The summed E-state index contributed by atoms with van der Waals surface area (Å²) in [6.07, 6.45) is 11.3. The zero-order chi connectivity index (χ0) is 43.7. The molecular formula is C45H41F3N10O5. The van der Waals surface area contributed by atoms with E-state index in [1.807, 2.05) is 23.6 Å². The minimum absolute atomic E-state index is 0.0173. The van der Waals surface area contributed by atoms with Crippen LogP contribution in [0.4, 0.5) is 13.2 Å². The molecule has 1 saturated carbocycles. The fourth-order valence-corrected chi connectivity index (χ4v) is 9.99. The lowest BCUT2D eigenvalue weighted by Gasteiger charge is -2.35. The van der Waals surface area contributed by atoms with E-state index in [4.69, 9.17) is 14.4 Å². The Morgan fingerprint density at radius 3 is 2.51 bits per heavy atom. The van der Waals surface area contributed by atoms with Gasteiger partial charge in [-0.15, -0.1) is 0 Å². The molecule has 6 aromatic heterocycles. The van der Waals surface area contributed by atoms with Gasteiger partial charge in [0.15, 0.2) is 23.3 Å². The molecule has 0 spiro atoms. The minimum atomic E-state index is -1.12. The van der Waals surface area contributed by atoms with Crippen molar-refractivity contribution >= 4 is 22.3 Å². The van der Waals surface area contributed by atoms with Crippen molar-refractivity contribution in [3.63, 3.8) is 0 Å². The molecule has 0 bridgehead atoms. The molecule has 2 aliphatic heterocycles. The maximum absolute atomic E-state index is 16.0. The Morgan fingerprint density at radius 1 is 0.968 bits per heavy atom. The maximum atomic E-state index is 16.0. The Kier molecular flexibility index (Phi) is 8.51. The zero-order valence-electron chi connectivity index (χ0n) is 34.7. The molecule has 3 aliphatic rings. The summed E-state index contributed by atoms with van der Waals surface area (Å²) in [6.45, 7) is 6.87. The smallest absolute Gasteiger partial charge is 0.376 e. The van der Waals surface area contributed by atoms with E-state index in [2.05, 4.69) is 41.4 Å². The third-order valence-corrected chi connectivity index (χ3v) is 13.3. The molecular weight excluding hydrogens is 818 g/mol. The van der Waals surface area contributed by atoms with Crippen LogP contribution in [0.3, 0.4) is 0 Å². The molecule has 1 amide bonds. The lowest BCUT2D eigenvalue weighted by Crippen LogP contribution is -2.40. The number of carbonyl (C=O) groups is 1. The number of hydrogen-bond donors (Lipinski definition) is 1. The minimum Gasteiger partial charge on any atom is -0.376 e. The molecule has 1 saturated heterocycles. The van der Waals surface area contributed by atoms with Gasteiger partial charge in [-0.25, -0.2) is 27.4 Å². The summed E-state index contributed by atoms with van der Waals surface area (Å²) in [7, 11) is 1.69. The van der Waals surface area contributed by atoms with Crippen LogP contribution in [0.25, 0.3) is 33.6 Å². The van der Waals surface area contributed by atoms with Crippen molar-refractivity contribution in [2.75, 3.05) is 13.2 Å². The second kappa shape index (κ2) is 13.8. The Labute approximate surface area is 355 Å². The Bertz CT molecular complexity index is 3310. The van der Waals surface area contributed by atoms with Crippen molar-refractivity contribution < 1.29 is 27.2 Å². The molecule has 15 nitrogen and oxygen atoms in total. The van der Waals surface area contributed by atoms with E-state index < -0.39 is 40.4 Å². The van der Waals surface area contributed by atoms with Crippen molar-refractivity contribution in [3.8, 4) is 17.2 Å². The van der Waals surface area contributed by atoms with E-state index in [1.54, 1.807) is 18.0 Å². The third kappa shape index (κ3) is 5.97. The molecule has 322 valence electrons. The number of amides is 1. The van der Waals surface area contributed by atoms with Crippen molar-refractivity contribution in [1.29, 1.82) is 0 Å². The number of aromatic amines is 1. The molecule has 0 radical (unpaired) electrons. The SMILES string of the molecule is C[C@H]1c2c(nn(-c3ccc(F)c(F)c3)c2-n2ccn(-c3ccc4c(cnn4C)c3F)c2=O)CCN1C(=O)c1cn2cc([C@@H]3CCOC(C)(C)C3)ccc2c1C1(c2noc(=O)[nH]2)CC1. The fourth-order valence-electron chi connectivity index (χ4n) is 9.99. The number of pyridine rings is 1. The van der Waals surface area contributed by atoms with Gasteiger partial charge in [0.2, 0.25) is 0 Å². The molecule has 1 N–H and O–H groups in total. The van der Waals surface area contributed by atoms with E-state index in [1.165, 1.54) is 44.7 Å². The summed E-state index contributed by atoms with van der Waals surface area (Å²) in [5.41, 5.74) is 2.99. The first kappa shape index (κ1) is 38.9. The quantitative estimate of drug-likeness (QED) is 0.189. The number of halogens is 3. The molecule has 2 fully saturated rings. The Hall–Kier alpha value is -6.95. The second-order valence-corrected chi connectivity index (χ2v) is 17.5. The van der Waals surface area contributed by atoms with Crippen molar-refractivity contribution in [2.24, 2.45) is 7.05 Å². The van der Waals surface area contributed by atoms with Crippen LogP contribution in [0.15, 0.2) is 87.6 Å². The average molecular weight is 859 g/mol. The predicted molar refractivity (Wildman–Crippen MR) is 222 cm³/mol. The number of H-pyrrole nitrogens is 1. The number of carbonyl (C=O) groups excluding carboxylic acids is 1. The van der Waals surface area contributed by atoms with E-state index in [0.29, 0.717) is 53.2 Å². The van der Waals surface area contributed by atoms with Gasteiger partial charge in [-0.05, 0) is 88.3 Å². The predicted octanol–water partition coefficient (Wildman–Crippen LogP) is 6.56. The van der Waals surface area contributed by atoms with E-state index in [0.717, 1.165) is 40.6 Å². The van der Waals surface area contributed by atoms with Gasteiger partial charge in [0.1, 0.15) is 5.82 Å². The Balaban J connectivity index is 1.04. The maximum Gasteiger partial charge on any atom is 0.438 e. The highest BCUT2D eigenvalue weighted by molar-refractivity contribution is 5.99. The van der Waals surface area contributed by atoms with Crippen LogP contribution >= 0.6 is 0 Å². The second-order valence-electron chi connectivity index (χ2n) is 17.5. The number of nitrogens with zero attached hydrogens (tertiary/aromatic N) is 9. The largest absolute Gasteiger partial charge is 0.438 e. The van der Waals surface area contributed by atoms with Crippen LogP contribution in [-0.2, 0) is 23.6 Å². The summed E-state index contributed by atoms with van der Waals surface area (Å²) >= 11 is 0. The fraction of sp³-hybridized carbons (Fsp3) is 0.333. The molecule has 0 unspecified atom stereocenters. The number of imidazole rings is 1. The van der Waals surface area contributed by atoms with Crippen molar-refractivity contribution in [1.82, 2.24) is 48.1 Å². The summed E-state index contributed by atoms with van der Waals surface area (Å²) in [4.78, 5) is 46.6. The topological polar surface area (TPSA) is 155 Å². The van der Waals surface area contributed by atoms with Crippen LogP contribution in [0, 0.1) is 17.5 Å². The monoisotopic (exact) mass is 858 g/mol. The number of rotatable bonds is 7. The van der Waals surface area contributed by atoms with Gasteiger partial charge >= 0.3 is 11.4 Å². The van der Waals surface area contributed by atoms with E-state index in [-0.39, 0.29) is 53.0 Å². The van der Waals surface area contributed by atoms with Crippen LogP contribution in [0.5, 0.6) is 0 Å². The number of benzene rings is 2. The van der Waals surface area contributed by atoms with Gasteiger partial charge in [-0.3, -0.25) is 28.1 Å². The summed E-state index contributed by atoms with van der Waals surface area (Å²) in [6, 6.07) is 9.88. The highest BCUT2D eigenvalue weighted by Crippen LogP contribution is 2.55. The van der Waals surface area contributed by atoms with Gasteiger partial charge in [-0.1, -0.05) is 11.2 Å². The first-order valence-corrected chi connectivity index (χ1v) is 20.9. The van der Waals surface area contributed by atoms with Gasteiger partial charge < -0.3 is 14.0 Å². The van der Waals surface area contributed by atoms with Crippen LogP contribution in [0.1, 0.15) is 97.0 Å². The number of ether oxygens (including phenoxy) is 1. The number of hydrogen-bond acceptors (Lipinski definition) is 8. The van der Waals surface area contributed by atoms with Gasteiger partial charge in [0.25, 0.3) is 5.91 Å². The van der Waals surface area contributed by atoms with Crippen LogP contribution in [-0.4, -0.2) is 72.8 Å². The summed E-state index contributed by atoms with van der Waals surface area (Å²) in [5, 5.41) is 13.3. The van der Waals surface area contributed by atoms with Crippen LogP contribution < -0.4 is 11.4 Å². The van der Waals surface area contributed by atoms with Crippen molar-refractivity contribution in [3.05, 3.63) is 146 Å². The van der Waals surface area contributed by atoms with Gasteiger partial charge in [-0.2, -0.15) is 10.2 Å². The lowest BCUT2D eigenvalue weighted by atomic mass is 9.84. The third-order valence-electron chi connectivity index (χ3n) is 13.3. The number of aromatic nitrogens is 9. The van der Waals surface area contributed by atoms with Gasteiger partial charge in [0.05, 0.1) is 62.3 Å². The van der Waals surface area contributed by atoms with E-state index >= 15 is 9.18 Å². The molecule has 2 atom stereocenters. The molecule has 63 heavy (non-hydrogen) atoms.